The van der Waals surface area contributed by atoms with Crippen LogP contribution in [0.2, 0.25) is 0 Å². The highest BCUT2D eigenvalue weighted by atomic mass is 79.9. The Morgan fingerprint density at radius 1 is 1.03 bits per heavy atom. The van der Waals surface area contributed by atoms with Crippen LogP contribution in [-0.2, 0) is 9.59 Å². The molecule has 1 saturated heterocycles. The van der Waals surface area contributed by atoms with E-state index >= 15 is 0 Å². The zero-order chi connectivity index (χ0) is 21.4. The van der Waals surface area contributed by atoms with Gasteiger partial charge in [-0.15, -0.1) is 0 Å². The second-order valence-electron chi connectivity index (χ2n) is 7.18. The molecule has 5 nitrogen and oxygen atoms in total. The van der Waals surface area contributed by atoms with Gasteiger partial charge in [-0.2, -0.15) is 0 Å². The number of hydrogen-bond acceptors (Lipinski definition) is 4. The van der Waals surface area contributed by atoms with Crippen LogP contribution in [0.15, 0.2) is 77.0 Å². The minimum absolute atomic E-state index is 0.0521. The predicted molar refractivity (Wildman–Crippen MR) is 119 cm³/mol. The molecule has 2 aromatic carbocycles. The van der Waals surface area contributed by atoms with Crippen molar-refractivity contribution in [2.75, 3.05) is 4.90 Å². The summed E-state index contributed by atoms with van der Waals surface area (Å²) >= 11 is 3.37. The van der Waals surface area contributed by atoms with Crippen molar-refractivity contribution >= 4 is 39.1 Å². The number of anilines is 1. The van der Waals surface area contributed by atoms with Gasteiger partial charge >= 0.3 is 0 Å². The third-order valence-electron chi connectivity index (χ3n) is 5.40. The number of amides is 1. The maximum atomic E-state index is 13.2. The van der Waals surface area contributed by atoms with Gasteiger partial charge < -0.3 is 5.11 Å². The number of carbonyl (C=O) groups is 2. The van der Waals surface area contributed by atoms with Crippen molar-refractivity contribution in [1.29, 1.82) is 0 Å². The zero-order valence-electron chi connectivity index (χ0n) is 16.5. The van der Waals surface area contributed by atoms with E-state index in [-0.39, 0.29) is 11.3 Å². The van der Waals surface area contributed by atoms with Gasteiger partial charge in [0.25, 0.3) is 11.7 Å². The summed E-state index contributed by atoms with van der Waals surface area (Å²) in [5.74, 6) is -1.59. The number of ketones is 1. The molecule has 3 aromatic rings. The van der Waals surface area contributed by atoms with E-state index in [1.165, 1.54) is 4.90 Å². The Balaban J connectivity index is 1.97. The highest BCUT2D eigenvalue weighted by molar-refractivity contribution is 9.10. The van der Waals surface area contributed by atoms with Gasteiger partial charge in [-0.25, -0.2) is 0 Å². The molecule has 1 aromatic heterocycles. The standard InChI is InChI=1S/C24H19BrN2O3/c1-14-5-3-7-19(15(14)2)27-21(17-6-4-12-26-13-17)20(23(29)24(27)30)22(28)16-8-10-18(25)11-9-16/h3-13,21,28H,1-2H3/b22-20+. The van der Waals surface area contributed by atoms with Gasteiger partial charge in [-0.05, 0) is 54.8 Å². The molecule has 1 N–H and O–H groups in total. The van der Waals surface area contributed by atoms with Gasteiger partial charge in [0.1, 0.15) is 5.76 Å². The molecule has 30 heavy (non-hydrogen) atoms. The van der Waals surface area contributed by atoms with E-state index in [0.717, 1.165) is 15.6 Å². The Bertz CT molecular complexity index is 1170. The number of aromatic nitrogens is 1. The Kier molecular flexibility index (Phi) is 5.26. The first-order chi connectivity index (χ1) is 14.4. The molecular weight excluding hydrogens is 444 g/mol. The summed E-state index contributed by atoms with van der Waals surface area (Å²) in [7, 11) is 0. The van der Waals surface area contributed by atoms with Crippen molar-refractivity contribution in [3.8, 4) is 0 Å². The molecule has 6 heteroatoms. The lowest BCUT2D eigenvalue weighted by Gasteiger charge is -2.27. The third-order valence-corrected chi connectivity index (χ3v) is 5.93. The fraction of sp³-hybridized carbons (Fsp3) is 0.125. The number of benzene rings is 2. The lowest BCUT2D eigenvalue weighted by molar-refractivity contribution is -0.132. The number of halogens is 1. The summed E-state index contributed by atoms with van der Waals surface area (Å²) in [6.45, 7) is 3.87. The van der Waals surface area contributed by atoms with Crippen LogP contribution in [0.5, 0.6) is 0 Å². The molecule has 2 heterocycles. The van der Waals surface area contributed by atoms with E-state index in [4.69, 9.17) is 0 Å². The van der Waals surface area contributed by atoms with E-state index in [1.807, 2.05) is 32.0 Å². The van der Waals surface area contributed by atoms with E-state index < -0.39 is 17.7 Å². The maximum absolute atomic E-state index is 13.2. The summed E-state index contributed by atoms with van der Waals surface area (Å²) < 4.78 is 0.846. The quantitative estimate of drug-likeness (QED) is 0.334. The summed E-state index contributed by atoms with van der Waals surface area (Å²) in [6.07, 6.45) is 3.24. The summed E-state index contributed by atoms with van der Waals surface area (Å²) in [5.41, 5.74) is 3.71. The first-order valence-electron chi connectivity index (χ1n) is 9.43. The molecule has 1 aliphatic rings. The van der Waals surface area contributed by atoms with Crippen LogP contribution in [0, 0.1) is 13.8 Å². The van der Waals surface area contributed by atoms with Gasteiger partial charge in [0.05, 0.1) is 11.6 Å². The first kappa shape index (κ1) is 20.0. The molecule has 0 saturated carbocycles. The van der Waals surface area contributed by atoms with Crippen molar-refractivity contribution in [1.82, 2.24) is 4.98 Å². The van der Waals surface area contributed by atoms with E-state index in [0.29, 0.717) is 16.8 Å². The number of carbonyl (C=O) groups excluding carboxylic acids is 2. The molecule has 1 aliphatic heterocycles. The summed E-state index contributed by atoms with van der Waals surface area (Å²) in [4.78, 5) is 31.9. The number of Topliss-reactive ketones (excluding diaryl/α,β-unsaturated/α-hetero) is 1. The zero-order valence-corrected chi connectivity index (χ0v) is 18.1. The van der Waals surface area contributed by atoms with Crippen molar-refractivity contribution < 1.29 is 14.7 Å². The molecule has 1 amide bonds. The highest BCUT2D eigenvalue weighted by Crippen LogP contribution is 2.43. The molecule has 0 radical (unpaired) electrons. The van der Waals surface area contributed by atoms with Crippen LogP contribution in [0.1, 0.15) is 28.3 Å². The number of nitrogens with zero attached hydrogens (tertiary/aromatic N) is 2. The average Bonchev–Trinajstić information content (AvgIpc) is 3.01. The van der Waals surface area contributed by atoms with Crippen LogP contribution < -0.4 is 4.90 Å². The fourth-order valence-corrected chi connectivity index (χ4v) is 3.96. The van der Waals surface area contributed by atoms with Crippen LogP contribution >= 0.6 is 15.9 Å². The normalized spacial score (nSPS) is 18.1. The minimum atomic E-state index is -0.775. The maximum Gasteiger partial charge on any atom is 0.300 e. The second-order valence-corrected chi connectivity index (χ2v) is 8.10. The van der Waals surface area contributed by atoms with Gasteiger partial charge in [-0.3, -0.25) is 19.5 Å². The molecule has 1 unspecified atom stereocenters. The number of pyridine rings is 1. The second kappa shape index (κ2) is 7.88. The molecule has 1 fully saturated rings. The monoisotopic (exact) mass is 462 g/mol. The number of hydrogen-bond donors (Lipinski definition) is 1. The Morgan fingerprint density at radius 2 is 1.77 bits per heavy atom. The number of aliphatic hydroxyl groups is 1. The topological polar surface area (TPSA) is 70.5 Å². The van der Waals surface area contributed by atoms with E-state index in [1.54, 1.807) is 48.8 Å². The van der Waals surface area contributed by atoms with Gasteiger partial charge in [-0.1, -0.05) is 46.3 Å². The molecule has 0 bridgehead atoms. The molecular formula is C24H19BrN2O3. The largest absolute Gasteiger partial charge is 0.507 e. The number of aryl methyl sites for hydroxylation is 1. The lowest BCUT2D eigenvalue weighted by Crippen LogP contribution is -2.30. The van der Waals surface area contributed by atoms with E-state index in [2.05, 4.69) is 20.9 Å². The Hall–Kier alpha value is -3.25. The van der Waals surface area contributed by atoms with Gasteiger partial charge in [0.2, 0.25) is 0 Å². The summed E-state index contributed by atoms with van der Waals surface area (Å²) in [5, 5.41) is 11.1. The number of rotatable bonds is 3. The molecule has 0 aliphatic carbocycles. The van der Waals surface area contributed by atoms with Crippen molar-refractivity contribution in [3.63, 3.8) is 0 Å². The lowest BCUT2D eigenvalue weighted by atomic mass is 9.95. The Labute approximate surface area is 182 Å². The molecule has 1 atom stereocenters. The fourth-order valence-electron chi connectivity index (χ4n) is 3.69. The minimum Gasteiger partial charge on any atom is -0.507 e. The molecule has 4 rings (SSSR count). The number of aliphatic hydroxyl groups excluding tert-OH is 1. The molecule has 150 valence electrons. The van der Waals surface area contributed by atoms with Crippen LogP contribution in [0.4, 0.5) is 5.69 Å². The Morgan fingerprint density at radius 3 is 2.43 bits per heavy atom. The van der Waals surface area contributed by atoms with Gasteiger partial charge in [0, 0.05) is 28.1 Å². The molecule has 0 spiro atoms. The van der Waals surface area contributed by atoms with Crippen LogP contribution in [0.25, 0.3) is 5.76 Å². The van der Waals surface area contributed by atoms with Crippen molar-refractivity contribution in [3.05, 3.63) is 99.3 Å². The predicted octanol–water partition coefficient (Wildman–Crippen LogP) is 5.09. The van der Waals surface area contributed by atoms with Crippen LogP contribution in [-0.4, -0.2) is 21.8 Å². The first-order valence-corrected chi connectivity index (χ1v) is 10.2. The van der Waals surface area contributed by atoms with Crippen molar-refractivity contribution in [2.45, 2.75) is 19.9 Å². The van der Waals surface area contributed by atoms with Gasteiger partial charge in [0.15, 0.2) is 0 Å². The van der Waals surface area contributed by atoms with Crippen molar-refractivity contribution in [2.24, 2.45) is 0 Å². The van der Waals surface area contributed by atoms with E-state index in [9.17, 15) is 14.7 Å². The highest BCUT2D eigenvalue weighted by Gasteiger charge is 2.47. The smallest absolute Gasteiger partial charge is 0.300 e. The third kappa shape index (κ3) is 3.33. The SMILES string of the molecule is Cc1cccc(N2C(=O)C(=O)/C(=C(/O)c3ccc(Br)cc3)C2c2cccnc2)c1C. The average molecular weight is 463 g/mol. The van der Waals surface area contributed by atoms with Crippen LogP contribution in [0.3, 0.4) is 0 Å². The summed E-state index contributed by atoms with van der Waals surface area (Å²) in [6, 6.07) is 15.3.